The molecule has 2 heterocycles. The van der Waals surface area contributed by atoms with Crippen molar-refractivity contribution in [3.05, 3.63) is 70.1 Å². The zero-order valence-corrected chi connectivity index (χ0v) is 12.2. The Balaban J connectivity index is 2.24. The van der Waals surface area contributed by atoms with Crippen LogP contribution in [-0.4, -0.2) is 9.55 Å². The minimum absolute atomic E-state index is 0.148. The Hall–Kier alpha value is -3.13. The van der Waals surface area contributed by atoms with Gasteiger partial charge in [0.25, 0.3) is 5.56 Å². The van der Waals surface area contributed by atoms with Crippen LogP contribution < -0.4 is 5.56 Å². The molecule has 0 fully saturated rings. The van der Waals surface area contributed by atoms with Crippen LogP contribution in [0.5, 0.6) is 0 Å². The van der Waals surface area contributed by atoms with Gasteiger partial charge in [0, 0.05) is 24.2 Å². The van der Waals surface area contributed by atoms with Crippen molar-refractivity contribution in [2.45, 2.75) is 13.8 Å². The summed E-state index contributed by atoms with van der Waals surface area (Å²) in [5, 5.41) is 9.30. The molecule has 3 rings (SSSR count). The van der Waals surface area contributed by atoms with Gasteiger partial charge in [-0.05, 0) is 31.2 Å². The molecule has 5 nitrogen and oxygen atoms in total. The summed E-state index contributed by atoms with van der Waals surface area (Å²) in [5.74, 6) is 1.16. The second-order valence-electron chi connectivity index (χ2n) is 4.95. The molecule has 0 N–H and O–H groups in total. The molecule has 0 aliphatic carbocycles. The first kappa shape index (κ1) is 13.8. The molecule has 0 aliphatic rings. The average molecular weight is 291 g/mol. The third kappa shape index (κ3) is 2.31. The maximum Gasteiger partial charge on any atom is 0.258 e. The quantitative estimate of drug-likeness (QED) is 0.727. The number of benzene rings is 1. The van der Waals surface area contributed by atoms with Gasteiger partial charge in [0.2, 0.25) is 0 Å². The molecule has 0 unspecified atom stereocenters. The van der Waals surface area contributed by atoms with E-state index in [0.29, 0.717) is 28.5 Å². The lowest BCUT2D eigenvalue weighted by atomic mass is 10.1. The van der Waals surface area contributed by atoms with Gasteiger partial charge in [-0.15, -0.1) is 0 Å². The van der Waals surface area contributed by atoms with Crippen LogP contribution in [0.25, 0.3) is 17.0 Å². The zero-order valence-electron chi connectivity index (χ0n) is 12.2. The molecule has 0 amide bonds. The van der Waals surface area contributed by atoms with Crippen molar-refractivity contribution >= 4 is 0 Å². The molecule has 1 aromatic carbocycles. The average Bonchev–Trinajstić information content (AvgIpc) is 2.96. The van der Waals surface area contributed by atoms with Gasteiger partial charge >= 0.3 is 0 Å². The molecule has 5 heteroatoms. The minimum Gasteiger partial charge on any atom is -0.441 e. The van der Waals surface area contributed by atoms with Crippen molar-refractivity contribution in [3.8, 4) is 23.1 Å². The molecule has 0 atom stereocenters. The van der Waals surface area contributed by atoms with Crippen molar-refractivity contribution in [2.24, 2.45) is 0 Å². The molecule has 108 valence electrons. The van der Waals surface area contributed by atoms with Crippen LogP contribution in [0.3, 0.4) is 0 Å². The van der Waals surface area contributed by atoms with Crippen LogP contribution in [0.15, 0.2) is 51.9 Å². The molecule has 0 radical (unpaired) electrons. The van der Waals surface area contributed by atoms with Crippen molar-refractivity contribution < 1.29 is 4.42 Å². The second kappa shape index (κ2) is 5.34. The fourth-order valence-corrected chi connectivity index (χ4v) is 2.27. The van der Waals surface area contributed by atoms with E-state index >= 15 is 0 Å². The van der Waals surface area contributed by atoms with Gasteiger partial charge in [-0.1, -0.05) is 6.07 Å². The first-order valence-electron chi connectivity index (χ1n) is 6.76. The summed E-state index contributed by atoms with van der Waals surface area (Å²) in [5.41, 5.74) is 2.19. The monoisotopic (exact) mass is 291 g/mol. The predicted molar refractivity (Wildman–Crippen MR) is 81.7 cm³/mol. The zero-order chi connectivity index (χ0) is 15.7. The standard InChI is InChI=1S/C17H13N3O2/c1-11-4-3-7-20(17(11)21)15-8-13(5-6-14(15)9-18)16-10-19-12(2)22-16/h3-8,10H,1-2H3. The number of aromatic nitrogens is 2. The van der Waals surface area contributed by atoms with Gasteiger partial charge in [0.1, 0.15) is 6.07 Å². The van der Waals surface area contributed by atoms with E-state index in [0.717, 1.165) is 5.56 Å². The molecule has 0 saturated heterocycles. The first-order valence-corrected chi connectivity index (χ1v) is 6.76. The lowest BCUT2D eigenvalue weighted by Gasteiger charge is -2.09. The molecule has 3 aromatic rings. The van der Waals surface area contributed by atoms with Crippen molar-refractivity contribution in [2.75, 3.05) is 0 Å². The smallest absolute Gasteiger partial charge is 0.258 e. The van der Waals surface area contributed by atoms with Crippen LogP contribution in [-0.2, 0) is 0 Å². The van der Waals surface area contributed by atoms with Crippen molar-refractivity contribution in [1.82, 2.24) is 9.55 Å². The van der Waals surface area contributed by atoms with Crippen LogP contribution in [0.1, 0.15) is 17.0 Å². The number of oxazole rings is 1. The highest BCUT2D eigenvalue weighted by Gasteiger charge is 2.11. The maximum atomic E-state index is 12.3. The van der Waals surface area contributed by atoms with E-state index in [1.807, 2.05) is 0 Å². The van der Waals surface area contributed by atoms with Crippen LogP contribution >= 0.6 is 0 Å². The van der Waals surface area contributed by atoms with Crippen LogP contribution in [0.4, 0.5) is 0 Å². The third-order valence-corrected chi connectivity index (χ3v) is 3.42. The second-order valence-corrected chi connectivity index (χ2v) is 4.95. The lowest BCUT2D eigenvalue weighted by molar-refractivity contribution is 0.534. The topological polar surface area (TPSA) is 71.8 Å². The fraction of sp³-hybridized carbons (Fsp3) is 0.118. The number of hydrogen-bond donors (Lipinski definition) is 0. The molecular weight excluding hydrogens is 278 g/mol. The fourth-order valence-electron chi connectivity index (χ4n) is 2.27. The minimum atomic E-state index is -0.148. The van der Waals surface area contributed by atoms with E-state index < -0.39 is 0 Å². The third-order valence-electron chi connectivity index (χ3n) is 3.42. The molecule has 22 heavy (non-hydrogen) atoms. The van der Waals surface area contributed by atoms with Crippen LogP contribution in [0.2, 0.25) is 0 Å². The van der Waals surface area contributed by atoms with Gasteiger partial charge in [0.15, 0.2) is 11.7 Å². The number of hydrogen-bond acceptors (Lipinski definition) is 4. The number of rotatable bonds is 2. The van der Waals surface area contributed by atoms with Gasteiger partial charge in [-0.25, -0.2) is 4.98 Å². The molecule has 0 bridgehead atoms. The Bertz CT molecular complexity index is 945. The van der Waals surface area contributed by atoms with E-state index in [2.05, 4.69) is 11.1 Å². The molecule has 0 aliphatic heterocycles. The Labute approximate surface area is 127 Å². The molecule has 2 aromatic heterocycles. The first-order chi connectivity index (χ1) is 10.6. The number of aryl methyl sites for hydroxylation is 2. The maximum absolute atomic E-state index is 12.3. The summed E-state index contributed by atoms with van der Waals surface area (Å²) in [6, 6.07) is 10.9. The van der Waals surface area contributed by atoms with E-state index in [9.17, 15) is 10.1 Å². The largest absolute Gasteiger partial charge is 0.441 e. The van der Waals surface area contributed by atoms with Gasteiger partial charge in [-0.3, -0.25) is 9.36 Å². The highest BCUT2D eigenvalue weighted by molar-refractivity contribution is 5.64. The van der Waals surface area contributed by atoms with Gasteiger partial charge in [0.05, 0.1) is 17.4 Å². The summed E-state index contributed by atoms with van der Waals surface area (Å²) in [6.07, 6.45) is 3.28. The lowest BCUT2D eigenvalue weighted by Crippen LogP contribution is -2.20. The molecule has 0 spiro atoms. The normalized spacial score (nSPS) is 10.4. The van der Waals surface area contributed by atoms with Crippen LogP contribution in [0, 0.1) is 25.2 Å². The highest BCUT2D eigenvalue weighted by Crippen LogP contribution is 2.24. The van der Waals surface area contributed by atoms with Gasteiger partial charge in [-0.2, -0.15) is 5.26 Å². The Kier molecular flexibility index (Phi) is 3.36. The van der Waals surface area contributed by atoms with Crippen molar-refractivity contribution in [3.63, 3.8) is 0 Å². The van der Waals surface area contributed by atoms with Gasteiger partial charge < -0.3 is 4.42 Å². The Morgan fingerprint density at radius 1 is 1.27 bits per heavy atom. The summed E-state index contributed by atoms with van der Waals surface area (Å²) in [6.45, 7) is 3.51. The van der Waals surface area contributed by atoms with E-state index in [1.165, 1.54) is 4.57 Å². The predicted octanol–water partition coefficient (Wildman–Crippen LogP) is 2.98. The number of pyridine rings is 1. The summed E-state index contributed by atoms with van der Waals surface area (Å²) in [4.78, 5) is 16.4. The molecule has 0 saturated carbocycles. The van der Waals surface area contributed by atoms with Crippen molar-refractivity contribution in [1.29, 1.82) is 5.26 Å². The van der Waals surface area contributed by atoms with E-state index in [-0.39, 0.29) is 5.56 Å². The Morgan fingerprint density at radius 3 is 2.77 bits per heavy atom. The summed E-state index contributed by atoms with van der Waals surface area (Å²) >= 11 is 0. The molecular formula is C17H13N3O2. The number of nitriles is 1. The Morgan fingerprint density at radius 2 is 2.09 bits per heavy atom. The number of nitrogens with zero attached hydrogens (tertiary/aromatic N) is 3. The van der Waals surface area contributed by atoms with E-state index in [1.54, 1.807) is 56.6 Å². The SMILES string of the molecule is Cc1ncc(-c2ccc(C#N)c(-n3cccc(C)c3=O)c2)o1. The van der Waals surface area contributed by atoms with E-state index in [4.69, 9.17) is 4.42 Å². The summed E-state index contributed by atoms with van der Waals surface area (Å²) < 4.78 is 6.98. The summed E-state index contributed by atoms with van der Waals surface area (Å²) in [7, 11) is 0. The highest BCUT2D eigenvalue weighted by atomic mass is 16.4.